The lowest BCUT2D eigenvalue weighted by Crippen LogP contribution is -2.46. The molecule has 2 heterocycles. The van der Waals surface area contributed by atoms with Gasteiger partial charge < -0.3 is 19.9 Å². The van der Waals surface area contributed by atoms with Crippen LogP contribution >= 0.6 is 0 Å². The first-order valence-corrected chi connectivity index (χ1v) is 14.6. The molecule has 2 saturated heterocycles. The third-order valence-corrected chi connectivity index (χ3v) is 7.78. The first-order chi connectivity index (χ1) is 19.4. The average molecular weight is 554 g/mol. The van der Waals surface area contributed by atoms with Crippen molar-refractivity contribution in [3.05, 3.63) is 65.2 Å². The van der Waals surface area contributed by atoms with Crippen LogP contribution in [0.25, 0.3) is 0 Å². The molecular weight excluding hydrogens is 502 g/mol. The van der Waals surface area contributed by atoms with Crippen molar-refractivity contribution in [2.45, 2.75) is 65.5 Å². The van der Waals surface area contributed by atoms with E-state index in [2.05, 4.69) is 62.9 Å². The lowest BCUT2D eigenvalue weighted by molar-refractivity contribution is -0.119. The van der Waals surface area contributed by atoms with Crippen molar-refractivity contribution in [2.24, 2.45) is 22.6 Å². The van der Waals surface area contributed by atoms with Gasteiger partial charge >= 0.3 is 0 Å². The summed E-state index contributed by atoms with van der Waals surface area (Å²) >= 11 is 0. The number of rotatable bonds is 9. The molecule has 222 valence electrons. The van der Waals surface area contributed by atoms with Gasteiger partial charge in [0.25, 0.3) is 0 Å². The second-order valence-corrected chi connectivity index (χ2v) is 10.8. The van der Waals surface area contributed by atoms with E-state index in [0.29, 0.717) is 38.1 Å². The SMILES string of the molecule is CCC(C)C.COc1cccc(C(C(N)=NCCc2ccccc2)N2CCC(C3COCCO3)CC2)c1C.N=N. The van der Waals surface area contributed by atoms with Gasteiger partial charge in [0.1, 0.15) is 11.6 Å². The maximum absolute atomic E-state index is 6.71. The Bertz CT molecular complexity index is 987. The van der Waals surface area contributed by atoms with E-state index in [1.807, 2.05) is 18.2 Å². The summed E-state index contributed by atoms with van der Waals surface area (Å²) in [4.78, 5) is 7.32. The van der Waals surface area contributed by atoms with Crippen molar-refractivity contribution >= 4 is 5.84 Å². The van der Waals surface area contributed by atoms with Crippen LogP contribution in [0.1, 0.15) is 62.8 Å². The number of nitrogens with zero attached hydrogens (tertiary/aromatic N) is 2. The van der Waals surface area contributed by atoms with Gasteiger partial charge in [-0.1, -0.05) is 69.7 Å². The lowest BCUT2D eigenvalue weighted by Gasteiger charge is -2.41. The first kappa shape index (κ1) is 33.4. The highest BCUT2D eigenvalue weighted by molar-refractivity contribution is 5.87. The highest BCUT2D eigenvalue weighted by atomic mass is 16.6. The summed E-state index contributed by atoms with van der Waals surface area (Å²) < 4.78 is 17.2. The number of nitrogens with two attached hydrogens (primary N) is 1. The van der Waals surface area contributed by atoms with Gasteiger partial charge in [0.15, 0.2) is 0 Å². The van der Waals surface area contributed by atoms with Crippen LogP contribution in [-0.2, 0) is 15.9 Å². The van der Waals surface area contributed by atoms with Gasteiger partial charge in [-0.2, -0.15) is 0 Å². The minimum Gasteiger partial charge on any atom is -0.496 e. The minimum absolute atomic E-state index is 0.0552. The Kier molecular flexibility index (Phi) is 15.5. The van der Waals surface area contributed by atoms with Gasteiger partial charge in [-0.3, -0.25) is 9.89 Å². The molecule has 2 aliphatic heterocycles. The minimum atomic E-state index is -0.0552. The molecule has 2 aromatic carbocycles. The Hall–Kier alpha value is -2.81. The second-order valence-electron chi connectivity index (χ2n) is 10.8. The summed E-state index contributed by atoms with van der Waals surface area (Å²) in [5, 5.41) is 0. The molecule has 0 radical (unpaired) electrons. The van der Waals surface area contributed by atoms with E-state index in [9.17, 15) is 0 Å². The number of piperidine rings is 1. The number of methoxy groups -OCH3 is 1. The molecule has 2 unspecified atom stereocenters. The third kappa shape index (κ3) is 10.3. The maximum atomic E-state index is 6.71. The molecule has 4 N–H and O–H groups in total. The smallest absolute Gasteiger partial charge is 0.122 e. The summed E-state index contributed by atoms with van der Waals surface area (Å²) in [5.41, 5.74) is 20.3. The number of hydrogen-bond donors (Lipinski definition) is 3. The van der Waals surface area contributed by atoms with E-state index >= 15 is 0 Å². The molecule has 2 fully saturated rings. The summed E-state index contributed by atoms with van der Waals surface area (Å²) in [6.07, 6.45) is 4.55. The molecule has 0 aromatic heterocycles. The number of likely N-dealkylation sites (tertiary alicyclic amines) is 1. The van der Waals surface area contributed by atoms with Crippen LogP contribution in [0.2, 0.25) is 0 Å². The molecule has 8 nitrogen and oxygen atoms in total. The monoisotopic (exact) mass is 553 g/mol. The second kappa shape index (κ2) is 18.5. The van der Waals surface area contributed by atoms with Gasteiger partial charge in [0.05, 0.1) is 39.1 Å². The predicted molar refractivity (Wildman–Crippen MR) is 163 cm³/mol. The number of amidine groups is 1. The number of ether oxygens (including phenoxy) is 3. The lowest BCUT2D eigenvalue weighted by atomic mass is 9.88. The molecule has 2 aromatic rings. The molecule has 2 atom stereocenters. The first-order valence-electron chi connectivity index (χ1n) is 14.6. The van der Waals surface area contributed by atoms with Gasteiger partial charge in [-0.05, 0) is 73.9 Å². The molecule has 40 heavy (non-hydrogen) atoms. The van der Waals surface area contributed by atoms with Crippen LogP contribution < -0.4 is 10.5 Å². The van der Waals surface area contributed by atoms with E-state index in [-0.39, 0.29) is 12.1 Å². The van der Waals surface area contributed by atoms with Gasteiger partial charge in [0.2, 0.25) is 0 Å². The molecule has 0 bridgehead atoms. The molecule has 4 rings (SSSR count). The highest BCUT2D eigenvalue weighted by Crippen LogP contribution is 2.34. The zero-order valence-electron chi connectivity index (χ0n) is 25.2. The Labute approximate surface area is 241 Å². The molecule has 0 saturated carbocycles. The fraction of sp³-hybridized carbons (Fsp3) is 0.594. The van der Waals surface area contributed by atoms with Crippen molar-refractivity contribution in [2.75, 3.05) is 46.6 Å². The van der Waals surface area contributed by atoms with Crippen LogP contribution in [0.5, 0.6) is 5.75 Å². The number of nitrogens with one attached hydrogen (secondary N) is 2. The number of benzene rings is 2. The van der Waals surface area contributed by atoms with Crippen molar-refractivity contribution in [3.63, 3.8) is 0 Å². The van der Waals surface area contributed by atoms with Crippen molar-refractivity contribution in [3.8, 4) is 5.75 Å². The maximum Gasteiger partial charge on any atom is 0.122 e. The van der Waals surface area contributed by atoms with Crippen LogP contribution in [0.15, 0.2) is 53.5 Å². The Morgan fingerprint density at radius 1 is 1.07 bits per heavy atom. The molecular formula is C32H51N5O3. The summed E-state index contributed by atoms with van der Waals surface area (Å²) in [5.74, 6) is 2.98. The molecule has 0 aliphatic carbocycles. The number of hydrogen-bond acceptors (Lipinski definition) is 7. The zero-order valence-corrected chi connectivity index (χ0v) is 25.2. The Morgan fingerprint density at radius 3 is 2.33 bits per heavy atom. The fourth-order valence-corrected chi connectivity index (χ4v) is 5.06. The summed E-state index contributed by atoms with van der Waals surface area (Å²) in [7, 11) is 1.72. The van der Waals surface area contributed by atoms with E-state index in [1.54, 1.807) is 7.11 Å². The summed E-state index contributed by atoms with van der Waals surface area (Å²) in [6.45, 7) is 13.5. The molecule has 2 aliphatic rings. The van der Waals surface area contributed by atoms with Gasteiger partial charge in [-0.25, -0.2) is 11.1 Å². The van der Waals surface area contributed by atoms with Gasteiger partial charge in [0, 0.05) is 6.54 Å². The predicted octanol–water partition coefficient (Wildman–Crippen LogP) is 6.42. The standard InChI is InChI=1S/C27H37N3O3.C5H12.H2N2/c1-20-23(9-6-10-24(20)31-2)26(27(28)29-14-11-21-7-4-3-5-8-21)30-15-12-22(13-16-30)25-19-32-17-18-33-25;1-4-5(2)3;1-2/h3-10,22,25-26H,11-19H2,1-2H3,(H2,28,29);5H,4H2,1-3H3;1-2H. The Morgan fingerprint density at radius 2 is 1.75 bits per heavy atom. The van der Waals surface area contributed by atoms with E-state index < -0.39 is 0 Å². The topological polar surface area (TPSA) is 117 Å². The molecule has 8 heteroatoms. The average Bonchev–Trinajstić information content (AvgIpc) is 3.01. The van der Waals surface area contributed by atoms with E-state index in [1.165, 1.54) is 17.5 Å². The van der Waals surface area contributed by atoms with Crippen LogP contribution in [-0.4, -0.2) is 63.4 Å². The van der Waals surface area contributed by atoms with Crippen LogP contribution in [0.3, 0.4) is 0 Å². The third-order valence-electron chi connectivity index (χ3n) is 7.78. The normalized spacial score (nSPS) is 19.1. The van der Waals surface area contributed by atoms with E-state index in [0.717, 1.165) is 49.6 Å². The van der Waals surface area contributed by atoms with Crippen LogP contribution in [0.4, 0.5) is 0 Å². The Balaban J connectivity index is 0.000000722. The van der Waals surface area contributed by atoms with Crippen molar-refractivity contribution in [1.29, 1.82) is 11.1 Å². The van der Waals surface area contributed by atoms with Crippen molar-refractivity contribution < 1.29 is 14.2 Å². The zero-order chi connectivity index (χ0) is 29.3. The van der Waals surface area contributed by atoms with Crippen molar-refractivity contribution in [1.82, 2.24) is 4.90 Å². The fourth-order valence-electron chi connectivity index (χ4n) is 5.06. The molecule has 0 spiro atoms. The highest BCUT2D eigenvalue weighted by Gasteiger charge is 2.34. The molecule has 0 amide bonds. The van der Waals surface area contributed by atoms with Gasteiger partial charge in [-0.15, -0.1) is 0 Å². The largest absolute Gasteiger partial charge is 0.496 e. The summed E-state index contributed by atoms with van der Waals surface area (Å²) in [6, 6.07) is 16.6. The van der Waals surface area contributed by atoms with Crippen LogP contribution in [0, 0.1) is 29.8 Å². The van der Waals surface area contributed by atoms with E-state index in [4.69, 9.17) is 36.0 Å². The number of aliphatic imine (C=N–C) groups is 1. The quantitative estimate of drug-likeness (QED) is 0.188.